The molecule has 0 aliphatic carbocycles. The number of aromatic nitrogens is 2. The molecule has 1 fully saturated rings. The van der Waals surface area contributed by atoms with Crippen molar-refractivity contribution in [2.75, 3.05) is 31.6 Å². The lowest BCUT2D eigenvalue weighted by Crippen LogP contribution is -2.40. The molecule has 1 saturated heterocycles. The number of hydrogen-bond acceptors (Lipinski definition) is 5. The first-order chi connectivity index (χ1) is 10.1. The number of hydrogen-bond donors (Lipinski definition) is 1. The molecule has 2 heterocycles. The molecule has 1 aliphatic heterocycles. The number of nitrogens with two attached hydrogens (primary N) is 1. The molecule has 5 heteroatoms. The maximum Gasteiger partial charge on any atom is 0.131 e. The Balaban J connectivity index is 2.34. The summed E-state index contributed by atoms with van der Waals surface area (Å²) in [5.41, 5.74) is 8.06. The minimum Gasteiger partial charge on any atom is -0.364 e. The third-order valence-electron chi connectivity index (χ3n) is 4.26. The van der Waals surface area contributed by atoms with Gasteiger partial charge in [-0.3, -0.25) is 0 Å². The normalized spacial score (nSPS) is 20.9. The molecule has 0 spiro atoms. The van der Waals surface area contributed by atoms with Crippen molar-refractivity contribution in [2.24, 2.45) is 5.73 Å². The molecule has 1 aromatic rings. The molecule has 1 atom stereocenters. The lowest BCUT2D eigenvalue weighted by Gasteiger charge is -2.33. The highest BCUT2D eigenvalue weighted by molar-refractivity contribution is 5.50. The first kappa shape index (κ1) is 16.2. The van der Waals surface area contributed by atoms with E-state index in [0.717, 1.165) is 43.3 Å². The van der Waals surface area contributed by atoms with E-state index in [2.05, 4.69) is 42.6 Å². The van der Waals surface area contributed by atoms with Crippen molar-refractivity contribution in [3.63, 3.8) is 0 Å². The predicted molar refractivity (Wildman–Crippen MR) is 87.6 cm³/mol. The second-order valence-corrected chi connectivity index (χ2v) is 6.29. The minimum absolute atomic E-state index is 0.335. The van der Waals surface area contributed by atoms with E-state index in [4.69, 9.17) is 10.7 Å². The van der Waals surface area contributed by atoms with Gasteiger partial charge in [0.2, 0.25) is 0 Å². The molecule has 1 aliphatic rings. The van der Waals surface area contributed by atoms with E-state index < -0.39 is 0 Å². The largest absolute Gasteiger partial charge is 0.364 e. The summed E-state index contributed by atoms with van der Waals surface area (Å²) >= 11 is 0. The van der Waals surface area contributed by atoms with Gasteiger partial charge >= 0.3 is 0 Å². The van der Waals surface area contributed by atoms with Gasteiger partial charge in [-0.2, -0.15) is 0 Å². The Labute approximate surface area is 128 Å². The maximum atomic E-state index is 5.95. The molecule has 2 rings (SSSR count). The topological polar surface area (TPSA) is 58.3 Å². The Hall–Kier alpha value is -1.20. The van der Waals surface area contributed by atoms with Crippen LogP contribution in [0.1, 0.15) is 51.0 Å². The van der Waals surface area contributed by atoms with E-state index >= 15 is 0 Å². The van der Waals surface area contributed by atoms with Crippen molar-refractivity contribution < 1.29 is 0 Å². The van der Waals surface area contributed by atoms with Crippen LogP contribution in [0.5, 0.6) is 0 Å². The number of rotatable bonds is 4. The average molecular weight is 291 g/mol. The summed E-state index contributed by atoms with van der Waals surface area (Å²) in [5, 5.41) is 0. The van der Waals surface area contributed by atoms with E-state index in [-0.39, 0.29) is 0 Å². The van der Waals surface area contributed by atoms with E-state index in [1.807, 2.05) is 6.20 Å². The molecule has 1 aromatic heterocycles. The van der Waals surface area contributed by atoms with Gasteiger partial charge in [0.15, 0.2) is 0 Å². The minimum atomic E-state index is 0.335. The molecule has 1 unspecified atom stereocenters. The standard InChI is InChI=1S/C16H29N5/c1-5-13-11-20(4)7-6-8-21(13)15-10-18-16(12(2)3)19-14(15)9-17/h10,12-13H,5-9,11,17H2,1-4H3. The van der Waals surface area contributed by atoms with Crippen molar-refractivity contribution in [1.82, 2.24) is 14.9 Å². The van der Waals surface area contributed by atoms with Crippen LogP contribution in [-0.4, -0.2) is 47.6 Å². The van der Waals surface area contributed by atoms with Crippen molar-refractivity contribution in [3.8, 4) is 0 Å². The fraction of sp³-hybridized carbons (Fsp3) is 0.750. The molecule has 0 bridgehead atoms. The van der Waals surface area contributed by atoms with Gasteiger partial charge in [-0.05, 0) is 26.4 Å². The fourth-order valence-corrected chi connectivity index (χ4v) is 3.00. The predicted octanol–water partition coefficient (Wildman–Crippen LogP) is 1.98. The van der Waals surface area contributed by atoms with Gasteiger partial charge in [0.1, 0.15) is 5.82 Å². The first-order valence-corrected chi connectivity index (χ1v) is 8.07. The molecule has 0 radical (unpaired) electrons. The first-order valence-electron chi connectivity index (χ1n) is 8.07. The summed E-state index contributed by atoms with van der Waals surface area (Å²) in [6.45, 7) is 10.3. The van der Waals surface area contributed by atoms with Crippen LogP contribution in [0.25, 0.3) is 0 Å². The highest BCUT2D eigenvalue weighted by Crippen LogP contribution is 2.25. The van der Waals surface area contributed by atoms with E-state index in [1.165, 1.54) is 6.42 Å². The van der Waals surface area contributed by atoms with Crippen LogP contribution in [-0.2, 0) is 6.54 Å². The smallest absolute Gasteiger partial charge is 0.131 e. The zero-order valence-corrected chi connectivity index (χ0v) is 13.8. The molecule has 118 valence electrons. The van der Waals surface area contributed by atoms with E-state index in [9.17, 15) is 0 Å². The van der Waals surface area contributed by atoms with Gasteiger partial charge in [0, 0.05) is 31.6 Å². The highest BCUT2D eigenvalue weighted by atomic mass is 15.2. The zero-order valence-electron chi connectivity index (χ0n) is 13.8. The van der Waals surface area contributed by atoms with Crippen LogP contribution in [0, 0.1) is 0 Å². The summed E-state index contributed by atoms with van der Waals surface area (Å²) in [5.74, 6) is 1.22. The zero-order chi connectivity index (χ0) is 15.4. The molecule has 21 heavy (non-hydrogen) atoms. The van der Waals surface area contributed by atoms with Gasteiger partial charge in [-0.25, -0.2) is 9.97 Å². The van der Waals surface area contributed by atoms with Crippen LogP contribution < -0.4 is 10.6 Å². The van der Waals surface area contributed by atoms with Crippen LogP contribution in [0.2, 0.25) is 0 Å². The monoisotopic (exact) mass is 291 g/mol. The van der Waals surface area contributed by atoms with Crippen molar-refractivity contribution >= 4 is 5.69 Å². The summed E-state index contributed by atoms with van der Waals surface area (Å²) < 4.78 is 0. The van der Waals surface area contributed by atoms with Gasteiger partial charge in [-0.15, -0.1) is 0 Å². The number of likely N-dealkylation sites (N-methyl/N-ethyl adjacent to an activating group) is 1. The number of anilines is 1. The fourth-order valence-electron chi connectivity index (χ4n) is 3.00. The summed E-state index contributed by atoms with van der Waals surface area (Å²) in [6, 6.07) is 0.510. The molecule has 5 nitrogen and oxygen atoms in total. The summed E-state index contributed by atoms with van der Waals surface area (Å²) in [7, 11) is 2.20. The van der Waals surface area contributed by atoms with Crippen LogP contribution in [0.4, 0.5) is 5.69 Å². The molecular weight excluding hydrogens is 262 g/mol. The Kier molecular flexibility index (Phi) is 5.53. The Morgan fingerprint density at radius 1 is 1.38 bits per heavy atom. The van der Waals surface area contributed by atoms with Crippen molar-refractivity contribution in [1.29, 1.82) is 0 Å². The highest BCUT2D eigenvalue weighted by Gasteiger charge is 2.25. The molecule has 0 aromatic carbocycles. The lowest BCUT2D eigenvalue weighted by atomic mass is 10.1. The van der Waals surface area contributed by atoms with Crippen LogP contribution in [0.3, 0.4) is 0 Å². The Morgan fingerprint density at radius 3 is 2.76 bits per heavy atom. The third-order valence-corrected chi connectivity index (χ3v) is 4.26. The van der Waals surface area contributed by atoms with Gasteiger partial charge < -0.3 is 15.5 Å². The maximum absolute atomic E-state index is 5.95. The van der Waals surface area contributed by atoms with Gasteiger partial charge in [0.05, 0.1) is 17.6 Å². The van der Waals surface area contributed by atoms with E-state index in [1.54, 1.807) is 0 Å². The summed E-state index contributed by atoms with van der Waals surface area (Å²) in [4.78, 5) is 14.1. The van der Waals surface area contributed by atoms with Gasteiger partial charge in [0.25, 0.3) is 0 Å². The average Bonchev–Trinajstić information content (AvgIpc) is 2.67. The molecular formula is C16H29N5. The third kappa shape index (κ3) is 3.71. The van der Waals surface area contributed by atoms with Crippen molar-refractivity contribution in [3.05, 3.63) is 17.7 Å². The SMILES string of the molecule is CCC1CN(C)CCCN1c1cnc(C(C)C)nc1CN. The second kappa shape index (κ2) is 7.18. The van der Waals surface area contributed by atoms with Crippen LogP contribution in [0.15, 0.2) is 6.20 Å². The Morgan fingerprint density at radius 2 is 2.14 bits per heavy atom. The summed E-state index contributed by atoms with van der Waals surface area (Å²) in [6.07, 6.45) is 4.28. The van der Waals surface area contributed by atoms with Gasteiger partial charge in [-0.1, -0.05) is 20.8 Å². The Bertz CT molecular complexity index is 460. The lowest BCUT2D eigenvalue weighted by molar-refractivity contribution is 0.328. The quantitative estimate of drug-likeness (QED) is 0.919. The molecule has 2 N–H and O–H groups in total. The molecule has 0 amide bonds. The van der Waals surface area contributed by atoms with Crippen molar-refractivity contribution in [2.45, 2.75) is 52.1 Å². The molecule has 0 saturated carbocycles. The van der Waals surface area contributed by atoms with E-state index in [0.29, 0.717) is 18.5 Å². The number of nitrogens with zero attached hydrogens (tertiary/aromatic N) is 4. The second-order valence-electron chi connectivity index (χ2n) is 6.29. The van der Waals surface area contributed by atoms with Crippen LogP contribution >= 0.6 is 0 Å².